The summed E-state index contributed by atoms with van der Waals surface area (Å²) in [7, 11) is 0. The number of nitrogens with zero attached hydrogens (tertiary/aromatic N) is 4. The van der Waals surface area contributed by atoms with Crippen LogP contribution in [0, 0.1) is 13.8 Å². The number of aliphatic hydroxyl groups excluding tert-OH is 1. The van der Waals surface area contributed by atoms with E-state index in [1.807, 2.05) is 13.0 Å². The molecule has 2 atom stereocenters. The Morgan fingerprint density at radius 2 is 1.94 bits per heavy atom. The summed E-state index contributed by atoms with van der Waals surface area (Å²) in [5.41, 5.74) is 2.89. The molecule has 0 spiro atoms. The lowest BCUT2D eigenvalue weighted by molar-refractivity contribution is 0.0564. The molecule has 0 radical (unpaired) electrons. The summed E-state index contributed by atoms with van der Waals surface area (Å²) >= 11 is 0. The van der Waals surface area contributed by atoms with E-state index in [0.717, 1.165) is 61.3 Å². The summed E-state index contributed by atoms with van der Waals surface area (Å²) in [4.78, 5) is 11.5. The van der Waals surface area contributed by atoms with Gasteiger partial charge in [0.15, 0.2) is 5.82 Å². The van der Waals surface area contributed by atoms with Crippen LogP contribution in [0.5, 0.6) is 0 Å². The van der Waals surface area contributed by atoms with Gasteiger partial charge in [0.2, 0.25) is 0 Å². The minimum Gasteiger partial charge on any atom is -0.390 e. The Balaban J connectivity index is 1.43. The maximum atomic E-state index is 10.9. The van der Waals surface area contributed by atoms with E-state index >= 15 is 0 Å². The van der Waals surface area contributed by atoms with Gasteiger partial charge in [-0.15, -0.1) is 0 Å². The molecule has 5 rings (SSSR count). The molecule has 0 aliphatic carbocycles. The number of benzene rings is 1. The number of fused-ring (bicyclic) bond motifs is 1. The van der Waals surface area contributed by atoms with Gasteiger partial charge in [-0.25, -0.2) is 4.98 Å². The van der Waals surface area contributed by atoms with E-state index in [4.69, 9.17) is 14.2 Å². The van der Waals surface area contributed by atoms with Crippen LogP contribution < -0.4 is 10.2 Å². The zero-order chi connectivity index (χ0) is 21.4. The molecule has 8 heteroatoms. The fourth-order valence-corrected chi connectivity index (χ4v) is 4.58. The first-order valence-electron chi connectivity index (χ1n) is 11.1. The Hall–Kier alpha value is -2.55. The number of aryl methyl sites for hydroxylation is 2. The van der Waals surface area contributed by atoms with Crippen molar-refractivity contribution in [2.24, 2.45) is 0 Å². The summed E-state index contributed by atoms with van der Waals surface area (Å²) in [6, 6.07) is 8.77. The minimum absolute atomic E-state index is 0.0801. The van der Waals surface area contributed by atoms with E-state index in [1.54, 1.807) is 0 Å². The smallest absolute Gasteiger partial charge is 0.261 e. The number of piperidine rings is 1. The van der Waals surface area contributed by atoms with Crippen molar-refractivity contribution in [2.75, 3.05) is 31.2 Å². The highest BCUT2D eigenvalue weighted by Gasteiger charge is 2.32. The Bertz CT molecular complexity index is 1060. The van der Waals surface area contributed by atoms with Crippen LogP contribution in [0.2, 0.25) is 0 Å². The number of β-amino-alcohol motifs (C(OH)–C–C–N with tert-alkyl or cyclic N) is 1. The molecule has 0 saturated carbocycles. The standard InChI is InChI=1S/C23H29N5O3/c1-14-3-4-19-16(11-14)12-18(23-24-15(2)27-31-23)22(26-19)28-8-5-20(21(29)13-28)25-17-6-9-30-10-7-17/h3-4,11-12,17,20-21,25,29H,5-10,13H2,1-2H3/t20-,21+/m0/s1. The lowest BCUT2D eigenvalue weighted by Gasteiger charge is -2.39. The lowest BCUT2D eigenvalue weighted by Crippen LogP contribution is -2.56. The normalized spacial score (nSPS) is 22.9. The molecule has 0 amide bonds. The molecule has 2 fully saturated rings. The van der Waals surface area contributed by atoms with Gasteiger partial charge in [-0.1, -0.05) is 16.8 Å². The van der Waals surface area contributed by atoms with Crippen molar-refractivity contribution in [1.82, 2.24) is 20.4 Å². The molecule has 31 heavy (non-hydrogen) atoms. The van der Waals surface area contributed by atoms with Gasteiger partial charge in [0, 0.05) is 43.8 Å². The molecule has 2 aliphatic rings. The van der Waals surface area contributed by atoms with Crippen LogP contribution in [0.15, 0.2) is 28.8 Å². The van der Waals surface area contributed by atoms with Gasteiger partial charge in [0.25, 0.3) is 5.89 Å². The molecule has 3 aromatic rings. The van der Waals surface area contributed by atoms with Crippen molar-refractivity contribution in [3.05, 3.63) is 35.7 Å². The average Bonchev–Trinajstić information content (AvgIpc) is 3.21. The van der Waals surface area contributed by atoms with Crippen LogP contribution in [0.25, 0.3) is 22.4 Å². The van der Waals surface area contributed by atoms with Crippen LogP contribution in [0.3, 0.4) is 0 Å². The monoisotopic (exact) mass is 423 g/mol. The van der Waals surface area contributed by atoms with Gasteiger partial charge in [-0.3, -0.25) is 0 Å². The number of aliphatic hydroxyl groups is 1. The van der Waals surface area contributed by atoms with E-state index in [2.05, 4.69) is 45.5 Å². The topological polar surface area (TPSA) is 96.5 Å². The summed E-state index contributed by atoms with van der Waals surface area (Å²) in [5.74, 6) is 1.83. The molecule has 0 bridgehead atoms. The van der Waals surface area contributed by atoms with Crippen molar-refractivity contribution in [1.29, 1.82) is 0 Å². The minimum atomic E-state index is -0.482. The van der Waals surface area contributed by atoms with Crippen LogP contribution in [-0.2, 0) is 4.74 Å². The number of pyridine rings is 1. The second kappa shape index (κ2) is 8.53. The Morgan fingerprint density at radius 1 is 1.10 bits per heavy atom. The molecule has 164 valence electrons. The van der Waals surface area contributed by atoms with Crippen molar-refractivity contribution in [3.8, 4) is 11.5 Å². The van der Waals surface area contributed by atoms with E-state index in [0.29, 0.717) is 24.3 Å². The number of hydrogen-bond donors (Lipinski definition) is 2. The molecule has 0 unspecified atom stereocenters. The molecule has 2 aromatic heterocycles. The predicted molar refractivity (Wildman–Crippen MR) is 118 cm³/mol. The van der Waals surface area contributed by atoms with Gasteiger partial charge in [0.05, 0.1) is 17.2 Å². The van der Waals surface area contributed by atoms with Crippen LogP contribution in [0.1, 0.15) is 30.7 Å². The molecule has 8 nitrogen and oxygen atoms in total. The first-order chi connectivity index (χ1) is 15.1. The second-order valence-corrected chi connectivity index (χ2v) is 8.66. The fraction of sp³-hybridized carbons (Fsp3) is 0.522. The third-order valence-electron chi connectivity index (χ3n) is 6.26. The van der Waals surface area contributed by atoms with Gasteiger partial charge >= 0.3 is 0 Å². The van der Waals surface area contributed by atoms with E-state index in [-0.39, 0.29) is 6.04 Å². The molecular formula is C23H29N5O3. The number of hydrogen-bond acceptors (Lipinski definition) is 8. The number of anilines is 1. The molecular weight excluding hydrogens is 394 g/mol. The van der Waals surface area contributed by atoms with E-state index in [1.165, 1.54) is 5.56 Å². The van der Waals surface area contributed by atoms with E-state index < -0.39 is 6.10 Å². The number of ether oxygens (including phenoxy) is 1. The highest BCUT2D eigenvalue weighted by molar-refractivity contribution is 5.88. The summed E-state index contributed by atoms with van der Waals surface area (Å²) in [5, 5.41) is 19.6. The SMILES string of the molecule is Cc1ccc2nc(N3CC[C@H](NC4CCOCC4)[C@H](O)C3)c(-c3nc(C)no3)cc2c1. The van der Waals surface area contributed by atoms with Crippen molar-refractivity contribution in [2.45, 2.75) is 51.3 Å². The Labute approximate surface area is 181 Å². The Morgan fingerprint density at radius 3 is 2.68 bits per heavy atom. The van der Waals surface area contributed by atoms with Crippen molar-refractivity contribution < 1.29 is 14.4 Å². The fourth-order valence-electron chi connectivity index (χ4n) is 4.58. The van der Waals surface area contributed by atoms with Crippen LogP contribution in [0.4, 0.5) is 5.82 Å². The van der Waals surface area contributed by atoms with Crippen molar-refractivity contribution >= 4 is 16.7 Å². The predicted octanol–water partition coefficient (Wildman–Crippen LogP) is 2.61. The van der Waals surface area contributed by atoms with E-state index in [9.17, 15) is 5.11 Å². The second-order valence-electron chi connectivity index (χ2n) is 8.66. The molecule has 2 N–H and O–H groups in total. The first kappa shape index (κ1) is 20.4. The molecule has 2 saturated heterocycles. The maximum absolute atomic E-state index is 10.9. The average molecular weight is 424 g/mol. The lowest BCUT2D eigenvalue weighted by atomic mass is 9.98. The summed E-state index contributed by atoms with van der Waals surface area (Å²) in [6.07, 6.45) is 2.36. The zero-order valence-electron chi connectivity index (χ0n) is 18.0. The third-order valence-corrected chi connectivity index (χ3v) is 6.26. The molecule has 2 aliphatic heterocycles. The van der Waals surface area contributed by atoms with Gasteiger partial charge < -0.3 is 24.6 Å². The summed E-state index contributed by atoms with van der Waals surface area (Å²) in [6.45, 7) is 6.76. The van der Waals surface area contributed by atoms with Crippen molar-refractivity contribution in [3.63, 3.8) is 0 Å². The molecule has 4 heterocycles. The molecule has 1 aromatic carbocycles. The first-order valence-corrected chi connectivity index (χ1v) is 11.1. The maximum Gasteiger partial charge on any atom is 0.261 e. The van der Waals surface area contributed by atoms with Gasteiger partial charge in [-0.2, -0.15) is 4.98 Å². The van der Waals surface area contributed by atoms with Crippen LogP contribution in [-0.4, -0.2) is 64.7 Å². The van der Waals surface area contributed by atoms with Crippen LogP contribution >= 0.6 is 0 Å². The highest BCUT2D eigenvalue weighted by Crippen LogP contribution is 2.33. The Kier molecular flexibility index (Phi) is 5.60. The zero-order valence-corrected chi connectivity index (χ0v) is 18.0. The number of rotatable bonds is 4. The highest BCUT2D eigenvalue weighted by atomic mass is 16.5. The van der Waals surface area contributed by atoms with Gasteiger partial charge in [-0.05, 0) is 51.3 Å². The summed E-state index contributed by atoms with van der Waals surface area (Å²) < 4.78 is 10.9. The van der Waals surface area contributed by atoms with Gasteiger partial charge in [0.1, 0.15) is 5.82 Å². The quantitative estimate of drug-likeness (QED) is 0.661. The number of nitrogens with one attached hydrogen (secondary N) is 1. The number of aromatic nitrogens is 3. The third kappa shape index (κ3) is 4.28. The largest absolute Gasteiger partial charge is 0.390 e.